The molecule has 2 fully saturated rings. The Kier molecular flexibility index (Phi) is 4.32. The maximum absolute atomic E-state index is 4.94. The van der Waals surface area contributed by atoms with Crippen molar-refractivity contribution in [3.63, 3.8) is 0 Å². The maximum Gasteiger partial charge on any atom is 0.186 e. The van der Waals surface area contributed by atoms with Crippen LogP contribution < -0.4 is 10.2 Å². The summed E-state index contributed by atoms with van der Waals surface area (Å²) in [6, 6.07) is 1.42. The minimum absolute atomic E-state index is 0.645. The van der Waals surface area contributed by atoms with Crippen LogP contribution in [-0.2, 0) is 13.0 Å². The topological polar surface area (TPSA) is 28.2 Å². The molecule has 0 amide bonds. The van der Waals surface area contributed by atoms with Gasteiger partial charge in [-0.05, 0) is 44.9 Å². The van der Waals surface area contributed by atoms with Crippen molar-refractivity contribution in [2.45, 2.75) is 71.5 Å². The molecule has 112 valence electrons. The number of thiazole rings is 1. The van der Waals surface area contributed by atoms with Crippen molar-refractivity contribution >= 4 is 16.5 Å². The molecular formula is C16H27N3S. The first kappa shape index (κ1) is 14.3. The molecule has 1 aliphatic carbocycles. The van der Waals surface area contributed by atoms with Gasteiger partial charge in [0.1, 0.15) is 0 Å². The molecule has 0 radical (unpaired) electrons. The molecule has 0 aromatic carbocycles. The zero-order chi connectivity index (χ0) is 14.1. The van der Waals surface area contributed by atoms with Gasteiger partial charge in [-0.25, -0.2) is 4.98 Å². The van der Waals surface area contributed by atoms with E-state index in [1.165, 1.54) is 47.9 Å². The second kappa shape index (κ2) is 6.02. The highest BCUT2D eigenvalue weighted by Gasteiger charge is 2.27. The zero-order valence-electron chi connectivity index (χ0n) is 13.0. The first-order chi connectivity index (χ1) is 9.67. The van der Waals surface area contributed by atoms with E-state index in [1.807, 2.05) is 11.3 Å². The number of anilines is 1. The lowest BCUT2D eigenvalue weighted by molar-refractivity contribution is 0.390. The van der Waals surface area contributed by atoms with Crippen LogP contribution >= 0.6 is 11.3 Å². The number of hydrogen-bond acceptors (Lipinski definition) is 4. The van der Waals surface area contributed by atoms with Crippen molar-refractivity contribution in [1.82, 2.24) is 10.3 Å². The van der Waals surface area contributed by atoms with Gasteiger partial charge in [-0.3, -0.25) is 0 Å². The van der Waals surface area contributed by atoms with E-state index in [4.69, 9.17) is 4.98 Å². The number of rotatable bonds is 5. The average Bonchev–Trinajstić information content (AvgIpc) is 3.18. The van der Waals surface area contributed by atoms with Gasteiger partial charge in [0.25, 0.3) is 0 Å². The third-order valence-corrected chi connectivity index (χ3v) is 5.73. The van der Waals surface area contributed by atoms with Gasteiger partial charge in [0.15, 0.2) is 5.13 Å². The van der Waals surface area contributed by atoms with E-state index in [-0.39, 0.29) is 0 Å². The SMILES string of the molecule is CCc1nc(N2CC(C)CCC2C)sc1CNC1CC1. The molecule has 0 spiro atoms. The molecule has 1 N–H and O–H groups in total. The second-order valence-corrected chi connectivity index (χ2v) is 7.62. The Bertz CT molecular complexity index is 453. The Morgan fingerprint density at radius 3 is 2.75 bits per heavy atom. The van der Waals surface area contributed by atoms with E-state index in [0.29, 0.717) is 6.04 Å². The van der Waals surface area contributed by atoms with Crippen molar-refractivity contribution in [3.05, 3.63) is 10.6 Å². The van der Waals surface area contributed by atoms with Crippen molar-refractivity contribution in [1.29, 1.82) is 0 Å². The van der Waals surface area contributed by atoms with Gasteiger partial charge in [-0.2, -0.15) is 0 Å². The minimum atomic E-state index is 0.645. The van der Waals surface area contributed by atoms with Crippen LogP contribution in [0.25, 0.3) is 0 Å². The summed E-state index contributed by atoms with van der Waals surface area (Å²) in [7, 11) is 0. The largest absolute Gasteiger partial charge is 0.345 e. The summed E-state index contributed by atoms with van der Waals surface area (Å²) >= 11 is 1.92. The number of piperidine rings is 1. The Morgan fingerprint density at radius 2 is 2.05 bits per heavy atom. The molecule has 20 heavy (non-hydrogen) atoms. The molecule has 3 nitrogen and oxygen atoms in total. The number of hydrogen-bond donors (Lipinski definition) is 1. The standard InChI is InChI=1S/C16H27N3S/c1-4-14-15(9-17-13-7-8-13)20-16(18-14)19-10-11(2)5-6-12(19)3/h11-13,17H,4-10H2,1-3H3. The highest BCUT2D eigenvalue weighted by Crippen LogP contribution is 2.33. The quantitative estimate of drug-likeness (QED) is 0.899. The van der Waals surface area contributed by atoms with Crippen molar-refractivity contribution in [3.8, 4) is 0 Å². The molecule has 2 heterocycles. The average molecular weight is 293 g/mol. The van der Waals surface area contributed by atoms with Crippen LogP contribution in [0.2, 0.25) is 0 Å². The van der Waals surface area contributed by atoms with E-state index >= 15 is 0 Å². The van der Waals surface area contributed by atoms with Crippen LogP contribution in [0.1, 0.15) is 57.0 Å². The van der Waals surface area contributed by atoms with E-state index in [9.17, 15) is 0 Å². The van der Waals surface area contributed by atoms with E-state index in [1.54, 1.807) is 0 Å². The van der Waals surface area contributed by atoms with Crippen LogP contribution in [0.4, 0.5) is 5.13 Å². The molecule has 2 aliphatic rings. The Hall–Kier alpha value is -0.610. The number of nitrogens with one attached hydrogen (secondary N) is 1. The molecule has 1 saturated heterocycles. The molecule has 3 rings (SSSR count). The Balaban J connectivity index is 1.74. The zero-order valence-corrected chi connectivity index (χ0v) is 13.8. The summed E-state index contributed by atoms with van der Waals surface area (Å²) in [5.74, 6) is 0.799. The monoisotopic (exact) mass is 293 g/mol. The maximum atomic E-state index is 4.94. The normalized spacial score (nSPS) is 27.1. The molecule has 1 saturated carbocycles. The molecule has 1 aliphatic heterocycles. The number of aromatic nitrogens is 1. The summed E-state index contributed by atoms with van der Waals surface area (Å²) in [6.07, 6.45) is 6.43. The van der Waals surface area contributed by atoms with Gasteiger partial charge in [0.2, 0.25) is 0 Å². The number of aryl methyl sites for hydroxylation is 1. The smallest absolute Gasteiger partial charge is 0.186 e. The molecule has 1 aromatic heterocycles. The molecule has 2 atom stereocenters. The molecule has 4 heteroatoms. The fraction of sp³-hybridized carbons (Fsp3) is 0.812. The van der Waals surface area contributed by atoms with Crippen LogP contribution in [0.15, 0.2) is 0 Å². The molecular weight excluding hydrogens is 266 g/mol. The lowest BCUT2D eigenvalue weighted by Gasteiger charge is -2.36. The van der Waals surface area contributed by atoms with Gasteiger partial charge in [-0.1, -0.05) is 13.8 Å². The summed E-state index contributed by atoms with van der Waals surface area (Å²) in [4.78, 5) is 8.94. The van der Waals surface area contributed by atoms with Gasteiger partial charge in [0, 0.05) is 30.1 Å². The molecule has 1 aromatic rings. The number of nitrogens with zero attached hydrogens (tertiary/aromatic N) is 2. The van der Waals surface area contributed by atoms with E-state index < -0.39 is 0 Å². The van der Waals surface area contributed by atoms with Crippen LogP contribution in [0.5, 0.6) is 0 Å². The fourth-order valence-corrected chi connectivity index (χ4v) is 4.20. The Morgan fingerprint density at radius 1 is 1.25 bits per heavy atom. The lowest BCUT2D eigenvalue weighted by atomic mass is 9.96. The van der Waals surface area contributed by atoms with Crippen molar-refractivity contribution < 1.29 is 0 Å². The molecule has 2 unspecified atom stereocenters. The third kappa shape index (κ3) is 3.17. The van der Waals surface area contributed by atoms with Gasteiger partial charge >= 0.3 is 0 Å². The van der Waals surface area contributed by atoms with Crippen LogP contribution in [0, 0.1) is 5.92 Å². The first-order valence-electron chi connectivity index (χ1n) is 8.16. The van der Waals surface area contributed by atoms with Gasteiger partial charge in [-0.15, -0.1) is 11.3 Å². The van der Waals surface area contributed by atoms with Crippen LogP contribution in [0.3, 0.4) is 0 Å². The van der Waals surface area contributed by atoms with Gasteiger partial charge in [0.05, 0.1) is 5.69 Å². The summed E-state index contributed by atoms with van der Waals surface area (Å²) in [5, 5.41) is 4.89. The van der Waals surface area contributed by atoms with E-state index in [0.717, 1.165) is 24.9 Å². The fourth-order valence-electron chi connectivity index (χ4n) is 2.99. The van der Waals surface area contributed by atoms with Gasteiger partial charge < -0.3 is 10.2 Å². The Labute approximate surface area is 126 Å². The minimum Gasteiger partial charge on any atom is -0.345 e. The summed E-state index contributed by atoms with van der Waals surface area (Å²) < 4.78 is 0. The van der Waals surface area contributed by atoms with E-state index in [2.05, 4.69) is 31.0 Å². The van der Waals surface area contributed by atoms with Crippen molar-refractivity contribution in [2.24, 2.45) is 5.92 Å². The summed E-state index contributed by atoms with van der Waals surface area (Å²) in [6.45, 7) is 9.13. The lowest BCUT2D eigenvalue weighted by Crippen LogP contribution is -2.41. The van der Waals surface area contributed by atoms with Crippen LogP contribution in [-0.4, -0.2) is 23.6 Å². The predicted molar refractivity (Wildman–Crippen MR) is 86.6 cm³/mol. The third-order valence-electron chi connectivity index (χ3n) is 4.59. The highest BCUT2D eigenvalue weighted by molar-refractivity contribution is 7.15. The summed E-state index contributed by atoms with van der Waals surface area (Å²) in [5.41, 5.74) is 1.31. The first-order valence-corrected chi connectivity index (χ1v) is 8.97. The highest BCUT2D eigenvalue weighted by atomic mass is 32.1. The second-order valence-electron chi connectivity index (χ2n) is 6.56. The molecule has 0 bridgehead atoms. The van der Waals surface area contributed by atoms with Crippen molar-refractivity contribution in [2.75, 3.05) is 11.4 Å². The predicted octanol–water partition coefficient (Wildman–Crippen LogP) is 3.58.